The van der Waals surface area contributed by atoms with E-state index in [0.29, 0.717) is 5.69 Å². The van der Waals surface area contributed by atoms with E-state index in [0.717, 1.165) is 5.56 Å². The maximum atomic E-state index is 12.8. The lowest BCUT2D eigenvalue weighted by atomic mass is 9.97. The highest BCUT2D eigenvalue weighted by atomic mass is 19.1. The van der Waals surface area contributed by atoms with E-state index in [1.807, 2.05) is 6.07 Å². The first kappa shape index (κ1) is 10.3. The van der Waals surface area contributed by atoms with Gasteiger partial charge in [0.1, 0.15) is 11.7 Å². The Morgan fingerprint density at radius 3 is 2.44 bits per heavy atom. The average molecular weight is 212 g/mol. The van der Waals surface area contributed by atoms with Gasteiger partial charge >= 0.3 is 0 Å². The second-order valence-electron chi connectivity index (χ2n) is 3.37. The predicted molar refractivity (Wildman–Crippen MR) is 58.1 cm³/mol. The van der Waals surface area contributed by atoms with Crippen molar-refractivity contribution in [3.05, 3.63) is 65.7 Å². The fraction of sp³-hybridized carbons (Fsp3) is 0.0769. The summed E-state index contributed by atoms with van der Waals surface area (Å²) in [6.45, 7) is 0. The molecule has 78 valence electrons. The molecule has 2 rings (SSSR count). The van der Waals surface area contributed by atoms with E-state index >= 15 is 0 Å². The lowest BCUT2D eigenvalue weighted by molar-refractivity contribution is 0.627. The topological polar surface area (TPSA) is 36.7 Å². The van der Waals surface area contributed by atoms with Gasteiger partial charge in [-0.15, -0.1) is 0 Å². The molecular weight excluding hydrogens is 203 g/mol. The molecule has 1 heterocycles. The van der Waals surface area contributed by atoms with E-state index in [1.165, 1.54) is 12.1 Å². The molecule has 0 amide bonds. The van der Waals surface area contributed by atoms with E-state index < -0.39 is 5.92 Å². The molecule has 0 aliphatic heterocycles. The first-order valence-corrected chi connectivity index (χ1v) is 4.87. The molecule has 0 saturated carbocycles. The molecule has 3 heteroatoms. The monoisotopic (exact) mass is 212 g/mol. The molecule has 1 atom stereocenters. The summed E-state index contributed by atoms with van der Waals surface area (Å²) in [5.74, 6) is -0.747. The van der Waals surface area contributed by atoms with Crippen molar-refractivity contribution in [1.29, 1.82) is 5.26 Å². The standard InChI is InChI=1S/C13H9FN2/c14-11-6-4-10(5-7-11)12(9-15)13-3-1-2-8-16-13/h1-8,12H/t12-/m1/s1. The van der Waals surface area contributed by atoms with Crippen LogP contribution in [0.25, 0.3) is 0 Å². The minimum Gasteiger partial charge on any atom is -0.260 e. The smallest absolute Gasteiger partial charge is 0.123 e. The van der Waals surface area contributed by atoms with Crippen LogP contribution in [0, 0.1) is 17.1 Å². The Kier molecular flexibility index (Phi) is 2.93. The van der Waals surface area contributed by atoms with Crippen LogP contribution in [0.2, 0.25) is 0 Å². The molecule has 1 aromatic carbocycles. The maximum absolute atomic E-state index is 12.8. The summed E-state index contributed by atoms with van der Waals surface area (Å²) in [6, 6.07) is 13.5. The van der Waals surface area contributed by atoms with Crippen LogP contribution in [0.4, 0.5) is 4.39 Å². The van der Waals surface area contributed by atoms with Crippen LogP contribution in [-0.2, 0) is 0 Å². The van der Waals surface area contributed by atoms with Gasteiger partial charge in [-0.05, 0) is 29.8 Å². The van der Waals surface area contributed by atoms with Gasteiger partial charge in [-0.25, -0.2) is 4.39 Å². The third-order valence-electron chi connectivity index (χ3n) is 2.32. The molecule has 0 radical (unpaired) electrons. The van der Waals surface area contributed by atoms with Crippen molar-refractivity contribution in [2.75, 3.05) is 0 Å². The van der Waals surface area contributed by atoms with Crippen molar-refractivity contribution in [2.45, 2.75) is 5.92 Å². The third-order valence-corrected chi connectivity index (χ3v) is 2.32. The fourth-order valence-electron chi connectivity index (χ4n) is 1.51. The second-order valence-corrected chi connectivity index (χ2v) is 3.37. The van der Waals surface area contributed by atoms with Gasteiger partial charge in [-0.1, -0.05) is 18.2 Å². The molecule has 16 heavy (non-hydrogen) atoms. The Bertz CT molecular complexity index is 500. The minimum absolute atomic E-state index is 0.304. The number of nitriles is 1. The number of pyridine rings is 1. The van der Waals surface area contributed by atoms with E-state index in [4.69, 9.17) is 5.26 Å². The summed E-state index contributed by atoms with van der Waals surface area (Å²) in [5.41, 5.74) is 1.43. The van der Waals surface area contributed by atoms with Gasteiger partial charge in [0.25, 0.3) is 0 Å². The number of halogens is 1. The fourth-order valence-corrected chi connectivity index (χ4v) is 1.51. The molecule has 2 aromatic rings. The van der Waals surface area contributed by atoms with Crippen molar-refractivity contribution in [3.63, 3.8) is 0 Å². The first-order chi connectivity index (χ1) is 7.81. The molecule has 0 aliphatic carbocycles. The Labute approximate surface area is 93.0 Å². The summed E-state index contributed by atoms with van der Waals surface area (Å²) in [5, 5.41) is 9.12. The van der Waals surface area contributed by atoms with Gasteiger partial charge < -0.3 is 0 Å². The summed E-state index contributed by atoms with van der Waals surface area (Å²) in [4.78, 5) is 4.13. The van der Waals surface area contributed by atoms with Crippen LogP contribution in [0.3, 0.4) is 0 Å². The highest BCUT2D eigenvalue weighted by Gasteiger charge is 2.13. The van der Waals surface area contributed by atoms with Crippen molar-refractivity contribution in [1.82, 2.24) is 4.98 Å². The lowest BCUT2D eigenvalue weighted by Crippen LogP contribution is -2.00. The van der Waals surface area contributed by atoms with E-state index in [-0.39, 0.29) is 5.82 Å². The molecule has 0 unspecified atom stereocenters. The SMILES string of the molecule is N#C[C@H](c1ccc(F)cc1)c1ccccn1. The zero-order valence-corrected chi connectivity index (χ0v) is 8.47. The lowest BCUT2D eigenvalue weighted by Gasteiger charge is -2.08. The molecule has 0 bridgehead atoms. The molecule has 0 aliphatic rings. The number of hydrogen-bond acceptors (Lipinski definition) is 2. The third kappa shape index (κ3) is 2.06. The number of aromatic nitrogens is 1. The van der Waals surface area contributed by atoms with Gasteiger partial charge in [0, 0.05) is 6.20 Å². The average Bonchev–Trinajstić information content (AvgIpc) is 2.34. The van der Waals surface area contributed by atoms with Crippen LogP contribution >= 0.6 is 0 Å². The Morgan fingerprint density at radius 1 is 1.12 bits per heavy atom. The normalized spacial score (nSPS) is 11.8. The number of rotatable bonds is 2. The van der Waals surface area contributed by atoms with Crippen LogP contribution in [0.15, 0.2) is 48.7 Å². The van der Waals surface area contributed by atoms with Gasteiger partial charge in [0.05, 0.1) is 11.8 Å². The largest absolute Gasteiger partial charge is 0.260 e. The second kappa shape index (κ2) is 4.54. The van der Waals surface area contributed by atoms with E-state index in [2.05, 4.69) is 11.1 Å². The van der Waals surface area contributed by atoms with Crippen LogP contribution < -0.4 is 0 Å². The van der Waals surface area contributed by atoms with Gasteiger partial charge in [-0.2, -0.15) is 5.26 Å². The molecule has 0 N–H and O–H groups in total. The highest BCUT2D eigenvalue weighted by molar-refractivity contribution is 5.34. The molecule has 0 saturated heterocycles. The van der Waals surface area contributed by atoms with Crippen LogP contribution in [-0.4, -0.2) is 4.98 Å². The molecule has 2 nitrogen and oxygen atoms in total. The van der Waals surface area contributed by atoms with Gasteiger partial charge in [0.15, 0.2) is 0 Å². The number of benzene rings is 1. The van der Waals surface area contributed by atoms with Gasteiger partial charge in [0.2, 0.25) is 0 Å². The number of nitrogens with zero attached hydrogens (tertiary/aromatic N) is 2. The molecular formula is C13H9FN2. The van der Waals surface area contributed by atoms with Crippen molar-refractivity contribution in [2.24, 2.45) is 0 Å². The van der Waals surface area contributed by atoms with Crippen LogP contribution in [0.5, 0.6) is 0 Å². The summed E-state index contributed by atoms with van der Waals surface area (Å²) in [6.07, 6.45) is 1.64. The van der Waals surface area contributed by atoms with E-state index in [9.17, 15) is 4.39 Å². The van der Waals surface area contributed by atoms with Crippen molar-refractivity contribution < 1.29 is 4.39 Å². The van der Waals surface area contributed by atoms with Gasteiger partial charge in [-0.3, -0.25) is 4.98 Å². The zero-order valence-electron chi connectivity index (χ0n) is 8.47. The van der Waals surface area contributed by atoms with Crippen molar-refractivity contribution >= 4 is 0 Å². The molecule has 0 spiro atoms. The Morgan fingerprint density at radius 2 is 1.88 bits per heavy atom. The first-order valence-electron chi connectivity index (χ1n) is 4.87. The molecule has 0 fully saturated rings. The summed E-state index contributed by atoms with van der Waals surface area (Å²) in [7, 11) is 0. The number of hydrogen-bond donors (Lipinski definition) is 0. The summed E-state index contributed by atoms with van der Waals surface area (Å²) >= 11 is 0. The highest BCUT2D eigenvalue weighted by Crippen LogP contribution is 2.21. The quantitative estimate of drug-likeness (QED) is 0.767. The van der Waals surface area contributed by atoms with E-state index in [1.54, 1.807) is 30.5 Å². The Hall–Kier alpha value is -2.21. The molecule has 1 aromatic heterocycles. The Balaban J connectivity index is 2.38. The predicted octanol–water partition coefficient (Wildman–Crippen LogP) is 2.88. The summed E-state index contributed by atoms with van der Waals surface area (Å²) < 4.78 is 12.8. The van der Waals surface area contributed by atoms with Crippen molar-refractivity contribution in [3.8, 4) is 6.07 Å². The zero-order chi connectivity index (χ0) is 11.4. The minimum atomic E-state index is -0.443. The maximum Gasteiger partial charge on any atom is 0.123 e. The van der Waals surface area contributed by atoms with Crippen LogP contribution in [0.1, 0.15) is 17.2 Å².